The smallest absolute Gasteiger partial charge is 0.264 e. The number of hydrogen-bond acceptors (Lipinski definition) is 5. The van der Waals surface area contributed by atoms with Crippen molar-refractivity contribution in [3.05, 3.63) is 83.9 Å². The Labute approximate surface area is 187 Å². The maximum atomic E-state index is 13.4. The van der Waals surface area contributed by atoms with E-state index in [-0.39, 0.29) is 17.3 Å². The molecule has 0 fully saturated rings. The first-order valence-corrected chi connectivity index (χ1v) is 11.6. The summed E-state index contributed by atoms with van der Waals surface area (Å²) in [4.78, 5) is 13.0. The molecule has 0 radical (unpaired) electrons. The number of anilines is 1. The Hall–Kier alpha value is -3.52. The molecule has 7 nitrogen and oxygen atoms in total. The number of amides is 1. The zero-order valence-electron chi connectivity index (χ0n) is 17.8. The topological polar surface area (TPSA) is 84.9 Å². The number of sulfonamides is 1. The van der Waals surface area contributed by atoms with Gasteiger partial charge in [-0.15, -0.1) is 0 Å². The van der Waals surface area contributed by atoms with Gasteiger partial charge < -0.3 is 14.8 Å². The van der Waals surface area contributed by atoms with Crippen molar-refractivity contribution in [3.8, 4) is 11.5 Å². The first kappa shape index (κ1) is 21.7. The molecule has 3 aromatic carbocycles. The summed E-state index contributed by atoms with van der Waals surface area (Å²) >= 11 is 0. The van der Waals surface area contributed by atoms with Crippen LogP contribution >= 0.6 is 0 Å². The fourth-order valence-electron chi connectivity index (χ4n) is 3.55. The number of nitrogens with one attached hydrogen (secondary N) is 1. The van der Waals surface area contributed by atoms with E-state index in [1.165, 1.54) is 23.5 Å². The molecule has 0 aromatic heterocycles. The summed E-state index contributed by atoms with van der Waals surface area (Å²) in [5, 5.41) is 2.87. The van der Waals surface area contributed by atoms with Crippen LogP contribution < -0.4 is 19.1 Å². The molecule has 0 bridgehead atoms. The van der Waals surface area contributed by atoms with E-state index in [9.17, 15) is 13.2 Å². The first-order valence-electron chi connectivity index (χ1n) is 10.1. The summed E-state index contributed by atoms with van der Waals surface area (Å²) in [6, 6.07) is 20.7. The Balaban J connectivity index is 1.60. The predicted molar refractivity (Wildman–Crippen MR) is 121 cm³/mol. The van der Waals surface area contributed by atoms with Gasteiger partial charge in [0, 0.05) is 6.54 Å². The maximum Gasteiger partial charge on any atom is 0.264 e. The lowest BCUT2D eigenvalue weighted by Gasteiger charge is -2.34. The minimum absolute atomic E-state index is 0.106. The van der Waals surface area contributed by atoms with Crippen molar-refractivity contribution < 1.29 is 22.7 Å². The van der Waals surface area contributed by atoms with Crippen LogP contribution in [0.5, 0.6) is 11.5 Å². The lowest BCUT2D eigenvalue weighted by atomic mass is 10.1. The summed E-state index contributed by atoms with van der Waals surface area (Å²) in [5.74, 6) is 0.518. The highest BCUT2D eigenvalue weighted by Crippen LogP contribution is 2.37. The zero-order chi connectivity index (χ0) is 22.7. The number of carbonyl (C=O) groups excluding carboxylic acids is 1. The fourth-order valence-corrected chi connectivity index (χ4v) is 5.02. The van der Waals surface area contributed by atoms with Crippen LogP contribution in [0.15, 0.2) is 77.7 Å². The minimum Gasteiger partial charge on any atom is -0.497 e. The highest BCUT2D eigenvalue weighted by Gasteiger charge is 2.37. The molecule has 166 valence electrons. The molecular weight excluding hydrogens is 428 g/mol. The molecule has 0 saturated heterocycles. The van der Waals surface area contributed by atoms with Gasteiger partial charge in [0.25, 0.3) is 15.9 Å². The second kappa shape index (κ2) is 8.92. The second-order valence-electron chi connectivity index (χ2n) is 7.43. The Morgan fingerprint density at radius 3 is 2.47 bits per heavy atom. The molecular formula is C24H24N2O5S. The van der Waals surface area contributed by atoms with Gasteiger partial charge in [0.1, 0.15) is 11.5 Å². The van der Waals surface area contributed by atoms with Crippen molar-refractivity contribution in [2.75, 3.05) is 18.0 Å². The van der Waals surface area contributed by atoms with Gasteiger partial charge >= 0.3 is 0 Å². The normalized spacial score (nSPS) is 15.4. The number of rotatable bonds is 6. The van der Waals surface area contributed by atoms with Crippen LogP contribution in [0.4, 0.5) is 5.69 Å². The average Bonchev–Trinajstić information content (AvgIpc) is 2.82. The van der Waals surface area contributed by atoms with Gasteiger partial charge in [-0.3, -0.25) is 9.10 Å². The summed E-state index contributed by atoms with van der Waals surface area (Å²) in [5.41, 5.74) is 2.44. The molecule has 0 saturated carbocycles. The van der Waals surface area contributed by atoms with E-state index in [2.05, 4.69) is 5.32 Å². The van der Waals surface area contributed by atoms with Crippen molar-refractivity contribution in [1.82, 2.24) is 5.32 Å². The summed E-state index contributed by atoms with van der Waals surface area (Å²) in [6.07, 6.45) is -0.984. The number of nitrogens with zero attached hydrogens (tertiary/aromatic N) is 1. The number of carbonyl (C=O) groups is 1. The lowest BCUT2D eigenvalue weighted by molar-refractivity contribution is -0.127. The molecule has 4 rings (SSSR count). The van der Waals surface area contributed by atoms with Crippen LogP contribution in [0.1, 0.15) is 11.1 Å². The maximum absolute atomic E-state index is 13.4. The third-order valence-corrected chi connectivity index (χ3v) is 7.18. The van der Waals surface area contributed by atoms with Crippen molar-refractivity contribution >= 4 is 21.6 Å². The number of methoxy groups -OCH3 is 1. The molecule has 3 aromatic rings. The molecule has 0 aliphatic carbocycles. The van der Waals surface area contributed by atoms with Gasteiger partial charge in [0.2, 0.25) is 0 Å². The molecule has 1 aliphatic rings. The van der Waals surface area contributed by atoms with E-state index in [1.807, 2.05) is 31.2 Å². The van der Waals surface area contributed by atoms with E-state index in [0.29, 0.717) is 23.7 Å². The molecule has 1 aliphatic heterocycles. The molecule has 1 amide bonds. The van der Waals surface area contributed by atoms with Crippen LogP contribution in [0.3, 0.4) is 0 Å². The first-order chi connectivity index (χ1) is 15.4. The summed E-state index contributed by atoms with van der Waals surface area (Å²) in [6.45, 7) is 2.17. The van der Waals surface area contributed by atoms with Gasteiger partial charge in [-0.1, -0.05) is 36.4 Å². The predicted octanol–water partition coefficient (Wildman–Crippen LogP) is 3.28. The van der Waals surface area contributed by atoms with Gasteiger partial charge in [-0.2, -0.15) is 0 Å². The quantitative estimate of drug-likeness (QED) is 0.621. The Kier molecular flexibility index (Phi) is 6.05. The molecule has 0 spiro atoms. The van der Waals surface area contributed by atoms with E-state index >= 15 is 0 Å². The number of hydrogen-bond donors (Lipinski definition) is 1. The zero-order valence-corrected chi connectivity index (χ0v) is 18.6. The largest absolute Gasteiger partial charge is 0.497 e. The monoisotopic (exact) mass is 452 g/mol. The van der Waals surface area contributed by atoms with Gasteiger partial charge in [-0.05, 0) is 54.4 Å². The Morgan fingerprint density at radius 2 is 1.75 bits per heavy atom. The van der Waals surface area contributed by atoms with Crippen molar-refractivity contribution in [2.45, 2.75) is 24.5 Å². The van der Waals surface area contributed by atoms with Crippen molar-refractivity contribution in [1.29, 1.82) is 0 Å². The van der Waals surface area contributed by atoms with Crippen LogP contribution in [-0.2, 0) is 21.4 Å². The van der Waals surface area contributed by atoms with Crippen LogP contribution in [0, 0.1) is 6.92 Å². The van der Waals surface area contributed by atoms with Crippen LogP contribution in [-0.4, -0.2) is 34.1 Å². The Morgan fingerprint density at radius 1 is 1.06 bits per heavy atom. The highest BCUT2D eigenvalue weighted by molar-refractivity contribution is 7.92. The van der Waals surface area contributed by atoms with E-state index in [0.717, 1.165) is 11.1 Å². The minimum atomic E-state index is -3.92. The van der Waals surface area contributed by atoms with E-state index in [4.69, 9.17) is 9.47 Å². The molecule has 1 N–H and O–H groups in total. The number of aryl methyl sites for hydroxylation is 1. The Bertz CT molecular complexity index is 1230. The molecule has 1 heterocycles. The third kappa shape index (κ3) is 4.27. The summed E-state index contributed by atoms with van der Waals surface area (Å²) < 4.78 is 39.1. The number of benzene rings is 3. The lowest BCUT2D eigenvalue weighted by Crippen LogP contribution is -2.50. The molecule has 32 heavy (non-hydrogen) atoms. The number of fused-ring (bicyclic) bond motifs is 1. The molecule has 1 atom stereocenters. The standard InChI is InChI=1S/C24H24N2O5S/c1-17-7-3-4-8-18(17)15-25-24(27)23-16-26(21-9-5-6-10-22(21)31-23)32(28,29)20-13-11-19(30-2)12-14-20/h3-14,23H,15-16H2,1-2H3,(H,25,27)/t23-/m0/s1. The second-order valence-corrected chi connectivity index (χ2v) is 9.29. The number of para-hydroxylation sites is 2. The molecule has 8 heteroatoms. The van der Waals surface area contributed by atoms with E-state index < -0.39 is 16.1 Å². The van der Waals surface area contributed by atoms with Gasteiger partial charge in [0.15, 0.2) is 6.10 Å². The SMILES string of the molecule is COc1ccc(S(=O)(=O)N2C[C@@H](C(=O)NCc3ccccc3C)Oc3ccccc32)cc1. The van der Waals surface area contributed by atoms with Crippen LogP contribution in [0.2, 0.25) is 0 Å². The summed E-state index contributed by atoms with van der Waals surface area (Å²) in [7, 11) is -2.41. The average molecular weight is 453 g/mol. The van der Waals surface area contributed by atoms with Gasteiger partial charge in [0.05, 0.1) is 24.2 Å². The van der Waals surface area contributed by atoms with Crippen LogP contribution in [0.25, 0.3) is 0 Å². The fraction of sp³-hybridized carbons (Fsp3) is 0.208. The van der Waals surface area contributed by atoms with Crippen molar-refractivity contribution in [2.24, 2.45) is 0 Å². The third-order valence-electron chi connectivity index (χ3n) is 5.39. The molecule has 0 unspecified atom stereocenters. The van der Waals surface area contributed by atoms with Crippen molar-refractivity contribution in [3.63, 3.8) is 0 Å². The van der Waals surface area contributed by atoms with E-state index in [1.54, 1.807) is 36.4 Å². The highest BCUT2D eigenvalue weighted by atomic mass is 32.2. The van der Waals surface area contributed by atoms with Gasteiger partial charge in [-0.25, -0.2) is 8.42 Å². The number of ether oxygens (including phenoxy) is 2.